The molecule has 0 spiro atoms. The van der Waals surface area contributed by atoms with Crippen LogP contribution in [0, 0.1) is 12.8 Å². The maximum Gasteiger partial charge on any atom is 0.354 e. The van der Waals surface area contributed by atoms with E-state index in [9.17, 15) is 9.90 Å². The average Bonchev–Trinajstić information content (AvgIpc) is 3.29. The predicted octanol–water partition coefficient (Wildman–Crippen LogP) is 4.71. The van der Waals surface area contributed by atoms with Gasteiger partial charge in [0, 0.05) is 5.02 Å². The number of aromatic carboxylic acids is 1. The molecule has 28 heavy (non-hydrogen) atoms. The second-order valence-electron chi connectivity index (χ2n) is 7.30. The van der Waals surface area contributed by atoms with Crippen LogP contribution in [0.2, 0.25) is 5.02 Å². The maximum absolute atomic E-state index is 11.2. The van der Waals surface area contributed by atoms with E-state index >= 15 is 0 Å². The first kappa shape index (κ1) is 18.7. The van der Waals surface area contributed by atoms with E-state index in [1.165, 1.54) is 31.7 Å². The Hall–Kier alpha value is -2.60. The lowest BCUT2D eigenvalue weighted by atomic mass is 10.1. The smallest absolute Gasteiger partial charge is 0.354 e. The van der Waals surface area contributed by atoms with Crippen molar-refractivity contribution in [1.29, 1.82) is 0 Å². The van der Waals surface area contributed by atoms with Gasteiger partial charge in [-0.25, -0.2) is 14.8 Å². The van der Waals surface area contributed by atoms with Gasteiger partial charge in [-0.05, 0) is 55.5 Å². The predicted molar refractivity (Wildman–Crippen MR) is 107 cm³/mol. The Balaban J connectivity index is 1.55. The third-order valence-corrected chi connectivity index (χ3v) is 5.67. The number of aryl methyl sites for hydroxylation is 1. The summed E-state index contributed by atoms with van der Waals surface area (Å²) >= 11 is 6.50. The summed E-state index contributed by atoms with van der Waals surface area (Å²) in [5, 5.41) is 9.82. The number of ether oxygens (including phenoxy) is 1. The van der Waals surface area contributed by atoms with E-state index in [1.807, 2.05) is 29.7 Å². The van der Waals surface area contributed by atoms with Crippen LogP contribution in [0.1, 0.15) is 47.6 Å². The fraction of sp³-hybridized carbons (Fsp3) is 0.381. The number of rotatable bonds is 6. The second-order valence-corrected chi connectivity index (χ2v) is 7.71. The Morgan fingerprint density at radius 1 is 1.25 bits per heavy atom. The van der Waals surface area contributed by atoms with Crippen LogP contribution in [0.15, 0.2) is 30.3 Å². The maximum atomic E-state index is 11.2. The molecule has 0 saturated heterocycles. The van der Waals surface area contributed by atoms with Crippen molar-refractivity contribution >= 4 is 28.7 Å². The minimum Gasteiger partial charge on any atom is -0.493 e. The van der Waals surface area contributed by atoms with E-state index in [4.69, 9.17) is 16.3 Å². The largest absolute Gasteiger partial charge is 0.493 e. The highest BCUT2D eigenvalue weighted by atomic mass is 35.5. The van der Waals surface area contributed by atoms with Gasteiger partial charge in [0.25, 0.3) is 0 Å². The Morgan fingerprint density at radius 3 is 2.75 bits per heavy atom. The molecule has 146 valence electrons. The van der Waals surface area contributed by atoms with Gasteiger partial charge < -0.3 is 14.4 Å². The quantitative estimate of drug-likeness (QED) is 0.649. The van der Waals surface area contributed by atoms with Crippen molar-refractivity contribution in [3.05, 3.63) is 52.4 Å². The molecule has 0 atom stereocenters. The Kier molecular flexibility index (Phi) is 5.22. The average molecular weight is 400 g/mol. The summed E-state index contributed by atoms with van der Waals surface area (Å²) in [4.78, 5) is 20.0. The third-order valence-electron chi connectivity index (χ3n) is 5.32. The molecule has 0 radical (unpaired) electrons. The molecule has 4 rings (SSSR count). The minimum atomic E-state index is -1.06. The van der Waals surface area contributed by atoms with Gasteiger partial charge >= 0.3 is 5.97 Å². The molecular weight excluding hydrogens is 378 g/mol. The molecule has 0 bridgehead atoms. The van der Waals surface area contributed by atoms with Crippen LogP contribution in [0.4, 0.5) is 0 Å². The Labute approximate surface area is 168 Å². The van der Waals surface area contributed by atoms with Crippen molar-refractivity contribution in [1.82, 2.24) is 14.5 Å². The molecule has 1 aromatic carbocycles. The molecule has 0 aliphatic heterocycles. The van der Waals surface area contributed by atoms with E-state index in [2.05, 4.69) is 9.97 Å². The molecular formula is C21H22ClN3O3. The molecule has 1 saturated carbocycles. The molecule has 6 nitrogen and oxygen atoms in total. The monoisotopic (exact) mass is 399 g/mol. The number of halogens is 1. The van der Waals surface area contributed by atoms with Crippen molar-refractivity contribution in [2.45, 2.75) is 39.2 Å². The van der Waals surface area contributed by atoms with Crippen molar-refractivity contribution in [2.75, 3.05) is 6.61 Å². The first-order valence-electron chi connectivity index (χ1n) is 9.49. The Morgan fingerprint density at radius 2 is 2.04 bits per heavy atom. The van der Waals surface area contributed by atoms with Crippen LogP contribution in [-0.4, -0.2) is 32.2 Å². The summed E-state index contributed by atoms with van der Waals surface area (Å²) in [7, 11) is 0. The SMILES string of the molecule is Cc1nc2ccc(C(=O)O)nc2n1Cc1ccc(OCC2CCCC2)cc1Cl. The van der Waals surface area contributed by atoms with Gasteiger partial charge in [0.15, 0.2) is 11.3 Å². The van der Waals surface area contributed by atoms with Crippen molar-refractivity contribution in [3.63, 3.8) is 0 Å². The number of carboxylic acids is 1. The van der Waals surface area contributed by atoms with E-state index in [0.717, 1.165) is 23.7 Å². The number of pyridine rings is 1. The van der Waals surface area contributed by atoms with Crippen LogP contribution in [-0.2, 0) is 6.54 Å². The van der Waals surface area contributed by atoms with Gasteiger partial charge in [-0.15, -0.1) is 0 Å². The van der Waals surface area contributed by atoms with Crippen LogP contribution in [0.5, 0.6) is 5.75 Å². The molecule has 1 aliphatic carbocycles. The first-order chi connectivity index (χ1) is 13.5. The van der Waals surface area contributed by atoms with Gasteiger partial charge in [-0.3, -0.25) is 0 Å². The normalized spacial score (nSPS) is 14.6. The van der Waals surface area contributed by atoms with Gasteiger partial charge in [-0.1, -0.05) is 30.5 Å². The van der Waals surface area contributed by atoms with Gasteiger partial charge in [0.1, 0.15) is 17.1 Å². The summed E-state index contributed by atoms with van der Waals surface area (Å²) in [5.74, 6) is 1.11. The molecule has 2 aromatic heterocycles. The summed E-state index contributed by atoms with van der Waals surface area (Å²) in [6.07, 6.45) is 5.07. The lowest BCUT2D eigenvalue weighted by Gasteiger charge is -2.13. The standard InChI is InChI=1S/C21H22ClN3O3/c1-13-23-18-8-9-19(21(26)27)24-20(18)25(13)11-15-6-7-16(10-17(15)22)28-12-14-4-2-3-5-14/h6-10,14H,2-5,11-12H2,1H3,(H,26,27). The highest BCUT2D eigenvalue weighted by molar-refractivity contribution is 6.31. The van der Waals surface area contributed by atoms with E-state index in [-0.39, 0.29) is 5.69 Å². The summed E-state index contributed by atoms with van der Waals surface area (Å²) in [5.41, 5.74) is 2.10. The summed E-state index contributed by atoms with van der Waals surface area (Å²) in [6.45, 7) is 3.07. The van der Waals surface area contributed by atoms with Gasteiger partial charge in [-0.2, -0.15) is 0 Å². The summed E-state index contributed by atoms with van der Waals surface area (Å²) < 4.78 is 7.79. The van der Waals surface area contributed by atoms with Gasteiger partial charge in [0.2, 0.25) is 0 Å². The number of benzene rings is 1. The van der Waals surface area contributed by atoms with Crippen LogP contribution < -0.4 is 4.74 Å². The first-order valence-corrected chi connectivity index (χ1v) is 9.87. The lowest BCUT2D eigenvalue weighted by molar-refractivity contribution is 0.0691. The number of imidazole rings is 1. The van der Waals surface area contributed by atoms with Crippen molar-refractivity contribution < 1.29 is 14.6 Å². The number of carbonyl (C=O) groups is 1. The highest BCUT2D eigenvalue weighted by Gasteiger charge is 2.17. The third kappa shape index (κ3) is 3.83. The zero-order valence-electron chi connectivity index (χ0n) is 15.7. The lowest BCUT2D eigenvalue weighted by Crippen LogP contribution is -2.08. The van der Waals surface area contributed by atoms with Crippen LogP contribution >= 0.6 is 11.6 Å². The number of hydrogen-bond donors (Lipinski definition) is 1. The topological polar surface area (TPSA) is 77.2 Å². The number of hydrogen-bond acceptors (Lipinski definition) is 4. The molecule has 1 fully saturated rings. The van der Waals surface area contributed by atoms with Crippen LogP contribution in [0.25, 0.3) is 11.2 Å². The fourth-order valence-corrected chi connectivity index (χ4v) is 3.96. The molecule has 0 unspecified atom stereocenters. The number of nitrogens with zero attached hydrogens (tertiary/aromatic N) is 3. The molecule has 1 N–H and O–H groups in total. The summed E-state index contributed by atoms with van der Waals surface area (Å²) in [6, 6.07) is 8.86. The molecule has 2 heterocycles. The van der Waals surface area contributed by atoms with Crippen molar-refractivity contribution in [3.8, 4) is 5.75 Å². The number of fused-ring (bicyclic) bond motifs is 1. The molecule has 1 aliphatic rings. The number of aromatic nitrogens is 3. The minimum absolute atomic E-state index is 0.00425. The zero-order chi connectivity index (χ0) is 19.7. The molecule has 7 heteroatoms. The molecule has 3 aromatic rings. The fourth-order valence-electron chi connectivity index (χ4n) is 3.73. The van der Waals surface area contributed by atoms with E-state index < -0.39 is 5.97 Å². The highest BCUT2D eigenvalue weighted by Crippen LogP contribution is 2.28. The van der Waals surface area contributed by atoms with Crippen LogP contribution in [0.3, 0.4) is 0 Å². The molecule has 0 amide bonds. The van der Waals surface area contributed by atoms with E-state index in [1.54, 1.807) is 6.07 Å². The Bertz CT molecular complexity index is 1030. The second kappa shape index (κ2) is 7.80. The van der Waals surface area contributed by atoms with Crippen molar-refractivity contribution in [2.24, 2.45) is 5.92 Å². The zero-order valence-corrected chi connectivity index (χ0v) is 16.4. The van der Waals surface area contributed by atoms with Gasteiger partial charge in [0.05, 0.1) is 13.2 Å². The van der Waals surface area contributed by atoms with E-state index in [0.29, 0.717) is 28.6 Å². The number of carboxylic acid groups (broad SMARTS) is 1.